The standard InChI is InChI=1S/C15H16N4O/c1-20-13-6-4-11(5-7-13)9-14-17-18-15-12(10-16)3-2-8-19(14)15/h2-8H,9-10,16H2,1H3. The van der Waals surface area contributed by atoms with Crippen LogP contribution in [0.4, 0.5) is 0 Å². The second kappa shape index (κ2) is 5.30. The molecule has 0 aliphatic rings. The molecule has 0 saturated heterocycles. The van der Waals surface area contributed by atoms with Gasteiger partial charge in [-0.2, -0.15) is 0 Å². The van der Waals surface area contributed by atoms with Gasteiger partial charge in [0.25, 0.3) is 0 Å². The first-order valence-electron chi connectivity index (χ1n) is 6.46. The van der Waals surface area contributed by atoms with Crippen molar-refractivity contribution in [3.8, 4) is 5.75 Å². The van der Waals surface area contributed by atoms with E-state index in [1.165, 1.54) is 5.56 Å². The first-order chi connectivity index (χ1) is 9.81. The van der Waals surface area contributed by atoms with E-state index in [9.17, 15) is 0 Å². The molecule has 2 heterocycles. The van der Waals surface area contributed by atoms with Crippen molar-refractivity contribution in [2.24, 2.45) is 5.73 Å². The monoisotopic (exact) mass is 268 g/mol. The van der Waals surface area contributed by atoms with Crippen LogP contribution in [0, 0.1) is 0 Å². The third-order valence-corrected chi connectivity index (χ3v) is 3.33. The Labute approximate surface area is 117 Å². The Hall–Kier alpha value is -2.40. The lowest BCUT2D eigenvalue weighted by molar-refractivity contribution is 0.414. The van der Waals surface area contributed by atoms with Crippen molar-refractivity contribution in [3.05, 3.63) is 59.5 Å². The lowest BCUT2D eigenvalue weighted by Crippen LogP contribution is -2.01. The summed E-state index contributed by atoms with van der Waals surface area (Å²) in [6.07, 6.45) is 2.69. The Bertz CT molecular complexity index is 718. The summed E-state index contributed by atoms with van der Waals surface area (Å²) in [6.45, 7) is 0.463. The van der Waals surface area contributed by atoms with E-state index in [1.807, 2.05) is 47.0 Å². The maximum absolute atomic E-state index is 5.71. The van der Waals surface area contributed by atoms with Crippen molar-refractivity contribution in [2.75, 3.05) is 7.11 Å². The minimum Gasteiger partial charge on any atom is -0.497 e. The molecule has 0 aliphatic heterocycles. The van der Waals surface area contributed by atoms with Crippen molar-refractivity contribution in [2.45, 2.75) is 13.0 Å². The summed E-state index contributed by atoms with van der Waals surface area (Å²) in [5, 5.41) is 8.50. The van der Waals surface area contributed by atoms with E-state index in [0.29, 0.717) is 6.54 Å². The minimum absolute atomic E-state index is 0.463. The second-order valence-corrected chi connectivity index (χ2v) is 4.57. The van der Waals surface area contributed by atoms with E-state index < -0.39 is 0 Å². The van der Waals surface area contributed by atoms with E-state index >= 15 is 0 Å². The van der Waals surface area contributed by atoms with Crippen molar-refractivity contribution >= 4 is 5.65 Å². The van der Waals surface area contributed by atoms with Crippen molar-refractivity contribution in [1.82, 2.24) is 14.6 Å². The minimum atomic E-state index is 0.463. The van der Waals surface area contributed by atoms with Crippen LogP contribution < -0.4 is 10.5 Å². The molecule has 0 radical (unpaired) electrons. The Balaban J connectivity index is 1.94. The highest BCUT2D eigenvalue weighted by molar-refractivity contribution is 5.47. The number of nitrogens with two attached hydrogens (primary N) is 1. The number of benzene rings is 1. The molecule has 0 unspecified atom stereocenters. The predicted molar refractivity (Wildman–Crippen MR) is 76.7 cm³/mol. The fraction of sp³-hybridized carbons (Fsp3) is 0.200. The van der Waals surface area contributed by atoms with Crippen molar-refractivity contribution < 1.29 is 4.74 Å². The highest BCUT2D eigenvalue weighted by Crippen LogP contribution is 2.16. The summed E-state index contributed by atoms with van der Waals surface area (Å²) in [6, 6.07) is 11.9. The van der Waals surface area contributed by atoms with Gasteiger partial charge in [0.1, 0.15) is 11.6 Å². The van der Waals surface area contributed by atoms with Crippen molar-refractivity contribution in [1.29, 1.82) is 0 Å². The maximum Gasteiger partial charge on any atom is 0.165 e. The quantitative estimate of drug-likeness (QED) is 0.783. The molecule has 2 aromatic heterocycles. The average molecular weight is 268 g/mol. The van der Waals surface area contributed by atoms with Crippen LogP contribution in [0.2, 0.25) is 0 Å². The highest BCUT2D eigenvalue weighted by atomic mass is 16.5. The van der Waals surface area contributed by atoms with Gasteiger partial charge in [-0.05, 0) is 23.8 Å². The fourth-order valence-corrected chi connectivity index (χ4v) is 2.22. The smallest absolute Gasteiger partial charge is 0.165 e. The Morgan fingerprint density at radius 1 is 1.15 bits per heavy atom. The van der Waals surface area contributed by atoms with E-state index in [0.717, 1.165) is 29.2 Å². The van der Waals surface area contributed by atoms with Crippen LogP contribution in [0.15, 0.2) is 42.6 Å². The normalized spacial score (nSPS) is 10.9. The number of hydrogen-bond donors (Lipinski definition) is 1. The van der Waals surface area contributed by atoms with Gasteiger partial charge < -0.3 is 10.5 Å². The van der Waals surface area contributed by atoms with Crippen LogP contribution in [0.3, 0.4) is 0 Å². The Morgan fingerprint density at radius 3 is 2.65 bits per heavy atom. The summed E-state index contributed by atoms with van der Waals surface area (Å²) in [5.74, 6) is 1.76. The van der Waals surface area contributed by atoms with Gasteiger partial charge in [-0.3, -0.25) is 4.40 Å². The van der Waals surface area contributed by atoms with Crippen LogP contribution in [0.1, 0.15) is 17.0 Å². The molecule has 20 heavy (non-hydrogen) atoms. The van der Waals surface area contributed by atoms with Gasteiger partial charge in [0.05, 0.1) is 7.11 Å². The molecule has 0 spiro atoms. The number of methoxy groups -OCH3 is 1. The number of ether oxygens (including phenoxy) is 1. The number of fused-ring (bicyclic) bond motifs is 1. The van der Waals surface area contributed by atoms with Crippen LogP contribution in [0.5, 0.6) is 5.75 Å². The highest BCUT2D eigenvalue weighted by Gasteiger charge is 2.08. The summed E-state index contributed by atoms with van der Waals surface area (Å²) < 4.78 is 7.15. The van der Waals surface area contributed by atoms with E-state index in [1.54, 1.807) is 7.11 Å². The molecule has 0 amide bonds. The number of rotatable bonds is 4. The van der Waals surface area contributed by atoms with E-state index in [-0.39, 0.29) is 0 Å². The molecular weight excluding hydrogens is 252 g/mol. The van der Waals surface area contributed by atoms with Crippen LogP contribution in [-0.4, -0.2) is 21.7 Å². The van der Waals surface area contributed by atoms with Gasteiger partial charge in [0.2, 0.25) is 0 Å². The third kappa shape index (κ3) is 2.23. The van der Waals surface area contributed by atoms with Crippen LogP contribution in [-0.2, 0) is 13.0 Å². The van der Waals surface area contributed by atoms with Gasteiger partial charge in [0, 0.05) is 24.7 Å². The van der Waals surface area contributed by atoms with Gasteiger partial charge in [-0.1, -0.05) is 18.2 Å². The molecule has 3 rings (SSSR count). The largest absolute Gasteiger partial charge is 0.497 e. The third-order valence-electron chi connectivity index (χ3n) is 3.33. The first-order valence-corrected chi connectivity index (χ1v) is 6.46. The Morgan fingerprint density at radius 2 is 1.95 bits per heavy atom. The van der Waals surface area contributed by atoms with Gasteiger partial charge in [-0.15, -0.1) is 10.2 Å². The molecule has 5 nitrogen and oxygen atoms in total. The van der Waals surface area contributed by atoms with E-state index in [2.05, 4.69) is 10.2 Å². The molecule has 0 saturated carbocycles. The van der Waals surface area contributed by atoms with Crippen molar-refractivity contribution in [3.63, 3.8) is 0 Å². The molecule has 5 heteroatoms. The number of nitrogens with zero attached hydrogens (tertiary/aromatic N) is 3. The topological polar surface area (TPSA) is 65.4 Å². The number of hydrogen-bond acceptors (Lipinski definition) is 4. The maximum atomic E-state index is 5.71. The lowest BCUT2D eigenvalue weighted by Gasteiger charge is -2.04. The molecule has 0 bridgehead atoms. The Kier molecular flexibility index (Phi) is 3.35. The molecule has 3 aromatic rings. The molecule has 0 atom stereocenters. The molecule has 0 aliphatic carbocycles. The fourth-order valence-electron chi connectivity index (χ4n) is 2.22. The summed E-state index contributed by atoms with van der Waals surface area (Å²) in [7, 11) is 1.66. The second-order valence-electron chi connectivity index (χ2n) is 4.57. The van der Waals surface area contributed by atoms with Gasteiger partial charge in [0.15, 0.2) is 5.65 Å². The summed E-state index contributed by atoms with van der Waals surface area (Å²) >= 11 is 0. The lowest BCUT2D eigenvalue weighted by atomic mass is 10.1. The summed E-state index contributed by atoms with van der Waals surface area (Å²) in [4.78, 5) is 0. The first kappa shape index (κ1) is 12.6. The molecule has 102 valence electrons. The zero-order chi connectivity index (χ0) is 13.9. The zero-order valence-corrected chi connectivity index (χ0v) is 11.3. The van der Waals surface area contributed by atoms with Crippen LogP contribution in [0.25, 0.3) is 5.65 Å². The predicted octanol–water partition coefficient (Wildman–Crippen LogP) is 1.79. The SMILES string of the molecule is COc1ccc(Cc2nnc3c(CN)cccn23)cc1. The summed E-state index contributed by atoms with van der Waals surface area (Å²) in [5.41, 5.74) is 8.71. The average Bonchev–Trinajstić information content (AvgIpc) is 2.91. The molecular formula is C15H16N4O. The van der Waals surface area contributed by atoms with Gasteiger partial charge >= 0.3 is 0 Å². The van der Waals surface area contributed by atoms with Gasteiger partial charge in [-0.25, -0.2) is 0 Å². The number of pyridine rings is 1. The van der Waals surface area contributed by atoms with E-state index in [4.69, 9.17) is 10.5 Å². The molecule has 1 aromatic carbocycles. The van der Waals surface area contributed by atoms with Crippen LogP contribution >= 0.6 is 0 Å². The number of aromatic nitrogens is 3. The molecule has 0 fully saturated rings. The molecule has 2 N–H and O–H groups in total. The zero-order valence-electron chi connectivity index (χ0n) is 11.3.